The Morgan fingerprint density at radius 2 is 0.919 bits per heavy atom. The van der Waals surface area contributed by atoms with Crippen LogP contribution in [0.5, 0.6) is 0 Å². The second kappa shape index (κ2) is 14.0. The van der Waals surface area contributed by atoms with Gasteiger partial charge in [-0.25, -0.2) is 0 Å². The van der Waals surface area contributed by atoms with Gasteiger partial charge in [-0.2, -0.15) is 0 Å². The number of hydrogen-bond acceptors (Lipinski definition) is 3. The molecule has 0 fully saturated rings. The second-order valence-electron chi connectivity index (χ2n) is 16.0. The minimum atomic E-state index is 1.12. The Morgan fingerprint density at radius 1 is 0.355 bits per heavy atom. The van der Waals surface area contributed by atoms with Gasteiger partial charge >= 0.3 is 0 Å². The van der Waals surface area contributed by atoms with Gasteiger partial charge in [0.15, 0.2) is 0 Å². The fourth-order valence-corrected chi connectivity index (χ4v) is 12.1. The van der Waals surface area contributed by atoms with Crippen LogP contribution in [0.2, 0.25) is 0 Å². The Kier molecular flexibility index (Phi) is 7.99. The van der Waals surface area contributed by atoms with Crippen LogP contribution in [-0.2, 0) is 0 Å². The molecule has 0 bridgehead atoms. The number of para-hydroxylation sites is 2. The lowest BCUT2D eigenvalue weighted by atomic mass is 9.95. The molecule has 0 radical (unpaired) electrons. The molecule has 3 heterocycles. The fraction of sp³-hybridized carbons (Fsp3) is 0. The summed E-state index contributed by atoms with van der Waals surface area (Å²) in [7, 11) is 0. The molecule has 0 unspecified atom stereocenters. The van der Waals surface area contributed by atoms with E-state index in [0.29, 0.717) is 0 Å². The predicted molar refractivity (Wildman–Crippen MR) is 270 cm³/mol. The van der Waals surface area contributed by atoms with Gasteiger partial charge in [-0.1, -0.05) is 152 Å². The van der Waals surface area contributed by atoms with Crippen LogP contribution in [0.4, 0.5) is 17.1 Å². The number of aromatic nitrogens is 1. The molecule has 3 aromatic heterocycles. The highest BCUT2D eigenvalue weighted by Gasteiger charge is 2.23. The molecule has 0 spiro atoms. The number of nitrogens with zero attached hydrogens (tertiary/aromatic N) is 2. The molecule has 0 atom stereocenters. The Morgan fingerprint density at radius 3 is 1.66 bits per heavy atom. The van der Waals surface area contributed by atoms with Crippen LogP contribution in [0.3, 0.4) is 0 Å². The molecule has 0 amide bonds. The average Bonchev–Trinajstić information content (AvgIpc) is 4.02. The van der Waals surface area contributed by atoms with Crippen molar-refractivity contribution in [1.29, 1.82) is 0 Å². The molecule has 13 aromatic rings. The third-order valence-electron chi connectivity index (χ3n) is 12.6. The lowest BCUT2D eigenvalue weighted by Gasteiger charge is -2.27. The van der Waals surface area contributed by atoms with Gasteiger partial charge in [0.1, 0.15) is 0 Å². The lowest BCUT2D eigenvalue weighted by molar-refractivity contribution is 1.18. The second-order valence-corrected chi connectivity index (χ2v) is 18.2. The summed E-state index contributed by atoms with van der Waals surface area (Å²) in [5.74, 6) is 0. The van der Waals surface area contributed by atoms with Crippen molar-refractivity contribution in [3.8, 4) is 27.9 Å². The molecule has 13 rings (SSSR count). The zero-order chi connectivity index (χ0) is 40.7. The first-order valence-electron chi connectivity index (χ1n) is 21.1. The molecule has 0 N–H and O–H groups in total. The van der Waals surface area contributed by atoms with Gasteiger partial charge in [-0.05, 0) is 94.2 Å². The highest BCUT2D eigenvalue weighted by molar-refractivity contribution is 7.26. The van der Waals surface area contributed by atoms with E-state index in [1.165, 1.54) is 101 Å². The Bertz CT molecular complexity index is 3810. The third-order valence-corrected chi connectivity index (χ3v) is 14.9. The van der Waals surface area contributed by atoms with E-state index in [1.807, 2.05) is 22.7 Å². The van der Waals surface area contributed by atoms with Crippen molar-refractivity contribution in [3.05, 3.63) is 218 Å². The summed E-state index contributed by atoms with van der Waals surface area (Å²) in [4.78, 5) is 2.48. The van der Waals surface area contributed by atoms with Crippen molar-refractivity contribution in [2.24, 2.45) is 0 Å². The van der Waals surface area contributed by atoms with Gasteiger partial charge in [-0.3, -0.25) is 0 Å². The van der Waals surface area contributed by atoms with Gasteiger partial charge in [0.2, 0.25) is 0 Å². The van der Waals surface area contributed by atoms with E-state index in [-0.39, 0.29) is 0 Å². The smallest absolute Gasteiger partial charge is 0.0555 e. The number of benzene rings is 10. The van der Waals surface area contributed by atoms with Crippen LogP contribution < -0.4 is 4.90 Å². The molecule has 0 aliphatic carbocycles. The number of rotatable bonds is 6. The fourth-order valence-electron chi connectivity index (χ4n) is 9.76. The van der Waals surface area contributed by atoms with Crippen molar-refractivity contribution < 1.29 is 0 Å². The van der Waals surface area contributed by atoms with Crippen LogP contribution >= 0.6 is 22.7 Å². The molecule has 0 aliphatic rings. The molecule has 0 aliphatic heterocycles. The molecule has 290 valence electrons. The predicted octanol–water partition coefficient (Wildman–Crippen LogP) is 17.5. The maximum Gasteiger partial charge on any atom is 0.0555 e. The van der Waals surface area contributed by atoms with Crippen molar-refractivity contribution in [1.82, 2.24) is 4.57 Å². The highest BCUT2D eigenvalue weighted by atomic mass is 32.1. The quantitative estimate of drug-likeness (QED) is 0.162. The maximum absolute atomic E-state index is 2.48. The number of anilines is 3. The largest absolute Gasteiger partial charge is 0.310 e. The Labute approximate surface area is 366 Å². The maximum atomic E-state index is 2.48. The topological polar surface area (TPSA) is 8.17 Å². The third kappa shape index (κ3) is 5.47. The van der Waals surface area contributed by atoms with Crippen LogP contribution in [0.15, 0.2) is 218 Å². The van der Waals surface area contributed by atoms with Crippen molar-refractivity contribution in [2.45, 2.75) is 0 Å². The zero-order valence-electron chi connectivity index (χ0n) is 33.5. The minimum absolute atomic E-state index is 1.12. The Hall–Kier alpha value is -7.50. The van der Waals surface area contributed by atoms with Gasteiger partial charge in [-0.15, -0.1) is 22.7 Å². The number of thiophene rings is 2. The van der Waals surface area contributed by atoms with Crippen LogP contribution in [0.25, 0.3) is 101 Å². The van der Waals surface area contributed by atoms with Gasteiger partial charge in [0.05, 0.1) is 16.7 Å². The minimum Gasteiger partial charge on any atom is -0.310 e. The SMILES string of the molecule is c1ccc2c(-c3ccc(N(c4ccc(-c5ccc(-n6c7ccccc7c7ccccc76)cc5)cc4)c4ccc5c(c4)sc4ccccc45)c4c3sc3ccccc34)cccc2c1. The molecule has 0 saturated heterocycles. The van der Waals surface area contributed by atoms with E-state index in [0.717, 1.165) is 17.1 Å². The first-order chi connectivity index (χ1) is 30.7. The Balaban J connectivity index is 0.971. The number of hydrogen-bond donors (Lipinski definition) is 0. The summed E-state index contributed by atoms with van der Waals surface area (Å²) in [5, 5.41) is 10.2. The van der Waals surface area contributed by atoms with E-state index >= 15 is 0 Å². The zero-order valence-corrected chi connectivity index (χ0v) is 35.1. The molecule has 2 nitrogen and oxygen atoms in total. The van der Waals surface area contributed by atoms with Crippen LogP contribution in [0.1, 0.15) is 0 Å². The molecule has 10 aromatic carbocycles. The van der Waals surface area contributed by atoms with E-state index in [4.69, 9.17) is 0 Å². The lowest BCUT2D eigenvalue weighted by Crippen LogP contribution is -2.10. The molecule has 0 saturated carbocycles. The summed E-state index contributed by atoms with van der Waals surface area (Å²) in [6.07, 6.45) is 0. The van der Waals surface area contributed by atoms with Crippen molar-refractivity contribution in [2.75, 3.05) is 4.90 Å². The first-order valence-corrected chi connectivity index (χ1v) is 22.7. The van der Waals surface area contributed by atoms with Crippen LogP contribution in [-0.4, -0.2) is 4.57 Å². The van der Waals surface area contributed by atoms with E-state index in [2.05, 4.69) is 228 Å². The summed E-state index contributed by atoms with van der Waals surface area (Å²) >= 11 is 3.76. The van der Waals surface area contributed by atoms with Crippen LogP contribution in [0, 0.1) is 0 Å². The highest BCUT2D eigenvalue weighted by Crippen LogP contribution is 2.50. The first kappa shape index (κ1) is 35.3. The standard InChI is InChI=1S/C58H36N2S2/c1-2-14-43-39(12-1)13-11-19-44(43)49-34-35-53(57-50-18-6-10-23-55(50)62-58(49)57)59(42-32-33-48-47-17-5-9-22-54(47)61-56(48)36-42)40-28-24-37(25-29-40)38-26-30-41(31-27-38)60-51-20-7-3-15-45(51)46-16-4-8-21-52(46)60/h1-36H. The van der Waals surface area contributed by atoms with Crippen molar-refractivity contribution in [3.63, 3.8) is 0 Å². The van der Waals surface area contributed by atoms with Gasteiger partial charge < -0.3 is 9.47 Å². The van der Waals surface area contributed by atoms with Crippen molar-refractivity contribution >= 4 is 113 Å². The summed E-state index contributed by atoms with van der Waals surface area (Å²) in [5.41, 5.74) is 11.9. The van der Waals surface area contributed by atoms with E-state index < -0.39 is 0 Å². The normalized spacial score (nSPS) is 11.9. The summed E-state index contributed by atoms with van der Waals surface area (Å²) < 4.78 is 7.56. The molecular formula is C58H36N2S2. The summed E-state index contributed by atoms with van der Waals surface area (Å²) in [6, 6.07) is 80.4. The summed E-state index contributed by atoms with van der Waals surface area (Å²) in [6.45, 7) is 0. The van der Waals surface area contributed by atoms with Gasteiger partial charge in [0, 0.05) is 73.7 Å². The number of fused-ring (bicyclic) bond motifs is 10. The van der Waals surface area contributed by atoms with E-state index in [9.17, 15) is 0 Å². The van der Waals surface area contributed by atoms with Gasteiger partial charge in [0.25, 0.3) is 0 Å². The molecule has 62 heavy (non-hydrogen) atoms. The average molecular weight is 825 g/mol. The van der Waals surface area contributed by atoms with E-state index in [1.54, 1.807) is 0 Å². The molecular weight excluding hydrogens is 789 g/mol. The molecule has 4 heteroatoms. The monoisotopic (exact) mass is 824 g/mol.